The predicted octanol–water partition coefficient (Wildman–Crippen LogP) is 5.51. The van der Waals surface area contributed by atoms with Crippen LogP contribution in [-0.2, 0) is 6.42 Å². The third-order valence-corrected chi connectivity index (χ3v) is 5.87. The Labute approximate surface area is 190 Å². The SMILES string of the molecule is C=C(CCc1nnc(NC(=O)c2ccncc2-c2ccccc2OC)s1)c1ccccc1. The molecule has 1 N–H and O–H groups in total. The molecule has 0 radical (unpaired) electrons. The Balaban J connectivity index is 1.46. The molecule has 2 aromatic carbocycles. The Hall–Kier alpha value is -3.84. The molecule has 4 rings (SSSR count). The molecule has 6 nitrogen and oxygen atoms in total. The van der Waals surface area contributed by atoms with Crippen LogP contribution in [0.3, 0.4) is 0 Å². The number of methoxy groups -OCH3 is 1. The first-order valence-corrected chi connectivity index (χ1v) is 10.9. The van der Waals surface area contributed by atoms with Crippen LogP contribution in [0, 0.1) is 0 Å². The Kier molecular flexibility index (Phi) is 6.67. The number of pyridine rings is 1. The van der Waals surface area contributed by atoms with E-state index in [4.69, 9.17) is 4.74 Å². The minimum atomic E-state index is -0.273. The van der Waals surface area contributed by atoms with Crippen LogP contribution in [0.25, 0.3) is 16.7 Å². The van der Waals surface area contributed by atoms with Crippen molar-refractivity contribution in [3.63, 3.8) is 0 Å². The molecule has 0 unspecified atom stereocenters. The van der Waals surface area contributed by atoms with Gasteiger partial charge in [0.05, 0.1) is 12.7 Å². The minimum absolute atomic E-state index is 0.273. The Morgan fingerprint density at radius 1 is 1.03 bits per heavy atom. The molecule has 7 heteroatoms. The first-order valence-electron chi connectivity index (χ1n) is 10.1. The van der Waals surface area contributed by atoms with E-state index in [1.807, 2.05) is 54.6 Å². The van der Waals surface area contributed by atoms with Crippen molar-refractivity contribution in [3.8, 4) is 16.9 Å². The first kappa shape index (κ1) is 21.4. The number of rotatable bonds is 8. The highest BCUT2D eigenvalue weighted by molar-refractivity contribution is 7.15. The average Bonchev–Trinajstić information content (AvgIpc) is 3.30. The molecule has 0 spiro atoms. The topological polar surface area (TPSA) is 77.0 Å². The zero-order chi connectivity index (χ0) is 22.3. The van der Waals surface area contributed by atoms with E-state index < -0.39 is 0 Å². The second-order valence-corrected chi connectivity index (χ2v) is 8.11. The van der Waals surface area contributed by atoms with Gasteiger partial charge in [0, 0.05) is 29.9 Å². The van der Waals surface area contributed by atoms with E-state index in [-0.39, 0.29) is 5.91 Å². The third-order valence-electron chi connectivity index (χ3n) is 4.97. The van der Waals surface area contributed by atoms with Crippen LogP contribution in [0.4, 0.5) is 5.13 Å². The lowest BCUT2D eigenvalue weighted by Gasteiger charge is -2.11. The van der Waals surface area contributed by atoms with Gasteiger partial charge in [0.15, 0.2) is 0 Å². The number of nitrogens with zero attached hydrogens (tertiary/aromatic N) is 3. The van der Waals surface area contributed by atoms with Crippen LogP contribution in [-0.4, -0.2) is 28.2 Å². The highest BCUT2D eigenvalue weighted by Crippen LogP contribution is 2.32. The van der Waals surface area contributed by atoms with Gasteiger partial charge in [-0.05, 0) is 29.7 Å². The maximum Gasteiger partial charge on any atom is 0.258 e. The van der Waals surface area contributed by atoms with Gasteiger partial charge in [-0.2, -0.15) is 0 Å². The number of nitrogens with one attached hydrogen (secondary N) is 1. The van der Waals surface area contributed by atoms with Gasteiger partial charge in [-0.25, -0.2) is 0 Å². The van der Waals surface area contributed by atoms with E-state index in [1.54, 1.807) is 25.6 Å². The minimum Gasteiger partial charge on any atom is -0.496 e. The first-order chi connectivity index (χ1) is 15.7. The number of amides is 1. The maximum absolute atomic E-state index is 13.0. The number of anilines is 1. The summed E-state index contributed by atoms with van der Waals surface area (Å²) in [4.78, 5) is 17.2. The third kappa shape index (κ3) is 4.90. The average molecular weight is 443 g/mol. The summed E-state index contributed by atoms with van der Waals surface area (Å²) in [5.41, 5.74) is 4.13. The molecule has 0 saturated heterocycles. The summed E-state index contributed by atoms with van der Waals surface area (Å²) in [6.07, 6.45) is 4.74. The Morgan fingerprint density at radius 3 is 2.62 bits per heavy atom. The lowest BCUT2D eigenvalue weighted by molar-refractivity contribution is 0.102. The van der Waals surface area contributed by atoms with E-state index in [0.29, 0.717) is 28.4 Å². The lowest BCUT2D eigenvalue weighted by atomic mass is 10.0. The van der Waals surface area contributed by atoms with Crippen molar-refractivity contribution in [3.05, 3.63) is 95.8 Å². The van der Waals surface area contributed by atoms with Gasteiger partial charge in [-0.1, -0.05) is 66.4 Å². The van der Waals surface area contributed by atoms with Gasteiger partial charge in [0.25, 0.3) is 5.91 Å². The van der Waals surface area contributed by atoms with Crippen molar-refractivity contribution in [2.24, 2.45) is 0 Å². The van der Waals surface area contributed by atoms with Crippen molar-refractivity contribution in [1.82, 2.24) is 15.2 Å². The molecule has 1 amide bonds. The number of aryl methyl sites for hydroxylation is 1. The summed E-state index contributed by atoms with van der Waals surface area (Å²) in [7, 11) is 1.60. The number of benzene rings is 2. The van der Waals surface area contributed by atoms with Gasteiger partial charge in [0.2, 0.25) is 5.13 Å². The van der Waals surface area contributed by atoms with Crippen molar-refractivity contribution >= 4 is 27.9 Å². The van der Waals surface area contributed by atoms with Crippen molar-refractivity contribution in [2.45, 2.75) is 12.8 Å². The van der Waals surface area contributed by atoms with Crippen LogP contribution in [0.1, 0.15) is 27.3 Å². The summed E-state index contributed by atoms with van der Waals surface area (Å²) in [5, 5.41) is 12.5. The molecule has 0 atom stereocenters. The second-order valence-electron chi connectivity index (χ2n) is 7.05. The fraction of sp³-hybridized carbons (Fsp3) is 0.120. The predicted molar refractivity (Wildman–Crippen MR) is 128 cm³/mol. The molecule has 0 aliphatic rings. The largest absolute Gasteiger partial charge is 0.496 e. The summed E-state index contributed by atoms with van der Waals surface area (Å²) in [6.45, 7) is 4.16. The second kappa shape index (κ2) is 9.98. The summed E-state index contributed by atoms with van der Waals surface area (Å²) in [6, 6.07) is 19.3. The van der Waals surface area contributed by atoms with E-state index in [1.165, 1.54) is 11.3 Å². The summed E-state index contributed by atoms with van der Waals surface area (Å²) >= 11 is 1.37. The number of aromatic nitrogens is 3. The van der Waals surface area contributed by atoms with Crippen molar-refractivity contribution < 1.29 is 9.53 Å². The quantitative estimate of drug-likeness (QED) is 0.389. The molecule has 2 heterocycles. The fourth-order valence-electron chi connectivity index (χ4n) is 3.32. The van der Waals surface area contributed by atoms with Gasteiger partial charge in [-0.3, -0.25) is 15.1 Å². The Bertz CT molecular complexity index is 1240. The molecular formula is C25H22N4O2S. The number of para-hydroxylation sites is 1. The van der Waals surface area contributed by atoms with Gasteiger partial charge in [-0.15, -0.1) is 10.2 Å². The van der Waals surface area contributed by atoms with Gasteiger partial charge < -0.3 is 4.74 Å². The number of hydrogen-bond acceptors (Lipinski definition) is 6. The van der Waals surface area contributed by atoms with Crippen LogP contribution in [0.2, 0.25) is 0 Å². The smallest absolute Gasteiger partial charge is 0.258 e. The van der Waals surface area contributed by atoms with Crippen LogP contribution in [0.5, 0.6) is 5.75 Å². The molecule has 2 aromatic heterocycles. The number of carbonyl (C=O) groups excluding carboxylic acids is 1. The molecule has 0 bridgehead atoms. The number of hydrogen-bond donors (Lipinski definition) is 1. The molecule has 0 aliphatic heterocycles. The van der Waals surface area contributed by atoms with E-state index in [9.17, 15) is 4.79 Å². The summed E-state index contributed by atoms with van der Waals surface area (Å²) < 4.78 is 5.45. The lowest BCUT2D eigenvalue weighted by Crippen LogP contribution is -2.13. The van der Waals surface area contributed by atoms with Crippen LogP contribution in [0.15, 0.2) is 79.6 Å². The maximum atomic E-state index is 13.0. The van der Waals surface area contributed by atoms with Gasteiger partial charge >= 0.3 is 0 Å². The monoisotopic (exact) mass is 442 g/mol. The van der Waals surface area contributed by atoms with E-state index >= 15 is 0 Å². The number of carbonyl (C=O) groups is 1. The van der Waals surface area contributed by atoms with Gasteiger partial charge in [0.1, 0.15) is 10.8 Å². The molecule has 0 fully saturated rings. The molecule has 0 aliphatic carbocycles. The molecule has 0 saturated carbocycles. The van der Waals surface area contributed by atoms with Crippen molar-refractivity contribution in [1.29, 1.82) is 0 Å². The molecule has 4 aromatic rings. The molecular weight excluding hydrogens is 420 g/mol. The zero-order valence-electron chi connectivity index (χ0n) is 17.6. The zero-order valence-corrected chi connectivity index (χ0v) is 18.4. The highest BCUT2D eigenvalue weighted by atomic mass is 32.1. The Morgan fingerprint density at radius 2 is 1.81 bits per heavy atom. The standard InChI is InChI=1S/C25H22N4O2S/c1-17(18-8-4-3-5-9-18)12-13-23-28-29-25(32-23)27-24(30)20-14-15-26-16-21(20)19-10-6-7-11-22(19)31-2/h3-11,14-16H,1,12-13H2,2H3,(H,27,29,30). The summed E-state index contributed by atoms with van der Waals surface area (Å²) in [5.74, 6) is 0.399. The van der Waals surface area contributed by atoms with Crippen LogP contribution >= 0.6 is 11.3 Å². The van der Waals surface area contributed by atoms with Crippen LogP contribution < -0.4 is 10.1 Å². The number of allylic oxidation sites excluding steroid dienone is 1. The van der Waals surface area contributed by atoms with Crippen molar-refractivity contribution in [2.75, 3.05) is 12.4 Å². The highest BCUT2D eigenvalue weighted by Gasteiger charge is 2.17. The van der Waals surface area contributed by atoms with E-state index in [2.05, 4.69) is 27.1 Å². The molecule has 160 valence electrons. The van der Waals surface area contributed by atoms with E-state index in [0.717, 1.165) is 28.1 Å². The normalized spacial score (nSPS) is 10.5. The fourth-order valence-corrected chi connectivity index (χ4v) is 4.05. The number of ether oxygens (including phenoxy) is 1. The molecule has 32 heavy (non-hydrogen) atoms.